The van der Waals surface area contributed by atoms with Gasteiger partial charge in [-0.1, -0.05) is 6.42 Å². The second kappa shape index (κ2) is 4.68. The van der Waals surface area contributed by atoms with E-state index < -0.39 is 0 Å². The van der Waals surface area contributed by atoms with Crippen LogP contribution >= 0.6 is 0 Å². The summed E-state index contributed by atoms with van der Waals surface area (Å²) in [6.45, 7) is 1.00. The normalized spacial score (nSPS) is 22.6. The van der Waals surface area contributed by atoms with Crippen molar-refractivity contribution < 1.29 is 9.59 Å². The first-order valence-electron chi connectivity index (χ1n) is 6.72. The van der Waals surface area contributed by atoms with Crippen LogP contribution in [0.4, 0.5) is 0 Å². The number of carbonyl (C=O) groups excluding carboxylic acids is 2. The molecule has 1 fully saturated rings. The third-order valence-corrected chi connectivity index (χ3v) is 4.14. The number of nitrogens with zero attached hydrogens (tertiary/aromatic N) is 3. The number of aromatic nitrogens is 2. The molecule has 6 heteroatoms. The summed E-state index contributed by atoms with van der Waals surface area (Å²) in [4.78, 5) is 30.2. The van der Waals surface area contributed by atoms with Crippen molar-refractivity contribution in [1.29, 1.82) is 0 Å². The molecule has 19 heavy (non-hydrogen) atoms. The molecule has 1 aromatic heterocycles. The molecule has 1 saturated carbocycles. The van der Waals surface area contributed by atoms with Crippen molar-refractivity contribution in [2.75, 3.05) is 13.6 Å². The van der Waals surface area contributed by atoms with E-state index in [9.17, 15) is 9.59 Å². The Morgan fingerprint density at radius 2 is 2.21 bits per heavy atom. The van der Waals surface area contributed by atoms with Crippen LogP contribution in [-0.4, -0.2) is 39.9 Å². The molecule has 1 N–H and O–H groups in total. The molecule has 2 heterocycles. The lowest BCUT2D eigenvalue weighted by molar-refractivity contribution is -0.141. The zero-order valence-electron chi connectivity index (χ0n) is 11.0. The van der Waals surface area contributed by atoms with Crippen LogP contribution in [0.25, 0.3) is 0 Å². The van der Waals surface area contributed by atoms with Crippen molar-refractivity contribution >= 4 is 11.8 Å². The summed E-state index contributed by atoms with van der Waals surface area (Å²) < 4.78 is 1.86. The third-order valence-electron chi connectivity index (χ3n) is 4.14. The summed E-state index contributed by atoms with van der Waals surface area (Å²) in [7, 11) is 1.62. The van der Waals surface area contributed by atoms with E-state index in [0.717, 1.165) is 25.0 Å². The van der Waals surface area contributed by atoms with Crippen LogP contribution in [0.1, 0.15) is 31.0 Å². The Hall–Kier alpha value is -1.85. The van der Waals surface area contributed by atoms with Gasteiger partial charge in [0.25, 0.3) is 0 Å². The zero-order valence-corrected chi connectivity index (χ0v) is 11.0. The molecule has 102 valence electrons. The summed E-state index contributed by atoms with van der Waals surface area (Å²) in [5.74, 6) is 0.276. The molecule has 2 aliphatic rings. The fraction of sp³-hybridized carbons (Fsp3) is 0.615. The minimum absolute atomic E-state index is 0.0784. The van der Waals surface area contributed by atoms with Crippen molar-refractivity contribution in [3.05, 3.63) is 18.2 Å². The second-order valence-electron chi connectivity index (χ2n) is 5.27. The maximum absolute atomic E-state index is 12.3. The van der Waals surface area contributed by atoms with E-state index in [4.69, 9.17) is 0 Å². The van der Waals surface area contributed by atoms with Gasteiger partial charge in [0, 0.05) is 19.2 Å². The molecule has 0 saturated heterocycles. The van der Waals surface area contributed by atoms with Gasteiger partial charge in [0.05, 0.1) is 25.1 Å². The molecular weight excluding hydrogens is 244 g/mol. The van der Waals surface area contributed by atoms with E-state index >= 15 is 0 Å². The van der Waals surface area contributed by atoms with Crippen LogP contribution in [0.3, 0.4) is 0 Å². The van der Waals surface area contributed by atoms with Gasteiger partial charge in [0.2, 0.25) is 11.8 Å². The fourth-order valence-corrected chi connectivity index (χ4v) is 2.75. The van der Waals surface area contributed by atoms with Gasteiger partial charge in [-0.25, -0.2) is 4.98 Å². The first-order valence-corrected chi connectivity index (χ1v) is 6.72. The van der Waals surface area contributed by atoms with Crippen LogP contribution < -0.4 is 5.32 Å². The predicted molar refractivity (Wildman–Crippen MR) is 68.1 cm³/mol. The second-order valence-corrected chi connectivity index (χ2v) is 5.27. The summed E-state index contributed by atoms with van der Waals surface area (Å²) in [6.07, 6.45) is 6.51. The Labute approximate surface area is 111 Å². The number of hydrogen-bond acceptors (Lipinski definition) is 3. The van der Waals surface area contributed by atoms with E-state index in [-0.39, 0.29) is 23.8 Å². The van der Waals surface area contributed by atoms with Gasteiger partial charge in [0.15, 0.2) is 0 Å². The molecule has 3 rings (SSSR count). The summed E-state index contributed by atoms with van der Waals surface area (Å²) in [5, 5.41) is 2.66. The molecule has 0 radical (unpaired) electrons. The topological polar surface area (TPSA) is 67.2 Å². The first-order chi connectivity index (χ1) is 9.20. The summed E-state index contributed by atoms with van der Waals surface area (Å²) in [5.41, 5.74) is 0.924. The highest BCUT2D eigenvalue weighted by atomic mass is 16.2. The predicted octanol–water partition coefficient (Wildman–Crippen LogP) is 0.312. The van der Waals surface area contributed by atoms with Crippen molar-refractivity contribution in [2.24, 2.45) is 5.92 Å². The highest BCUT2D eigenvalue weighted by Gasteiger charge is 2.36. The molecule has 0 aromatic carbocycles. The smallest absolute Gasteiger partial charge is 0.244 e. The first kappa shape index (κ1) is 12.2. The Morgan fingerprint density at radius 3 is 2.84 bits per heavy atom. The van der Waals surface area contributed by atoms with E-state index in [0.29, 0.717) is 13.1 Å². The number of carbonyl (C=O) groups is 2. The van der Waals surface area contributed by atoms with Gasteiger partial charge in [-0.3, -0.25) is 9.59 Å². The summed E-state index contributed by atoms with van der Waals surface area (Å²) in [6, 6.07) is -0.361. The van der Waals surface area contributed by atoms with Crippen molar-refractivity contribution in [2.45, 2.75) is 31.8 Å². The molecule has 1 aliphatic heterocycles. The lowest BCUT2D eigenvalue weighted by Gasteiger charge is -2.37. The van der Waals surface area contributed by atoms with Crippen LogP contribution in [0, 0.1) is 5.92 Å². The zero-order chi connectivity index (χ0) is 13.4. The molecule has 0 spiro atoms. The molecule has 2 amide bonds. The standard InChI is InChI=1S/C13H18N4O2/c1-14-12(18)11-7-16(13(19)9-3-2-4-9)6-10-5-15-8-17(10)11/h5,8-9,11H,2-4,6-7H2,1H3,(H,14,18)/t11-/m1/s1. The molecular formula is C13H18N4O2. The number of fused-ring (bicyclic) bond motifs is 1. The number of imidazole rings is 1. The Kier molecular flexibility index (Phi) is 3.00. The van der Waals surface area contributed by atoms with Crippen LogP contribution in [0.15, 0.2) is 12.5 Å². The van der Waals surface area contributed by atoms with Gasteiger partial charge in [-0.2, -0.15) is 0 Å². The Morgan fingerprint density at radius 1 is 1.42 bits per heavy atom. The van der Waals surface area contributed by atoms with Gasteiger partial charge in [-0.05, 0) is 12.8 Å². The highest BCUT2D eigenvalue weighted by molar-refractivity contribution is 5.83. The monoisotopic (exact) mass is 262 g/mol. The Bertz CT molecular complexity index is 506. The lowest BCUT2D eigenvalue weighted by Crippen LogP contribution is -2.48. The average molecular weight is 262 g/mol. The maximum Gasteiger partial charge on any atom is 0.244 e. The Balaban J connectivity index is 1.83. The number of rotatable bonds is 2. The molecule has 1 atom stereocenters. The SMILES string of the molecule is CNC(=O)[C@H]1CN(C(=O)C2CCC2)Cc2cncn21. The van der Waals surface area contributed by atoms with Gasteiger partial charge in [-0.15, -0.1) is 0 Å². The molecule has 0 unspecified atom stereocenters. The quantitative estimate of drug-likeness (QED) is 0.834. The van der Waals surface area contributed by atoms with Crippen LogP contribution in [-0.2, 0) is 16.1 Å². The van der Waals surface area contributed by atoms with Gasteiger partial charge >= 0.3 is 0 Å². The molecule has 1 aromatic rings. The van der Waals surface area contributed by atoms with Gasteiger partial charge in [0.1, 0.15) is 6.04 Å². The van der Waals surface area contributed by atoms with E-state index in [1.54, 1.807) is 24.5 Å². The van der Waals surface area contributed by atoms with Crippen LogP contribution in [0.2, 0.25) is 0 Å². The van der Waals surface area contributed by atoms with E-state index in [1.807, 2.05) is 4.57 Å². The third kappa shape index (κ3) is 2.01. The van der Waals surface area contributed by atoms with E-state index in [1.165, 1.54) is 0 Å². The maximum atomic E-state index is 12.3. The molecule has 1 aliphatic carbocycles. The highest BCUT2D eigenvalue weighted by Crippen LogP contribution is 2.31. The minimum atomic E-state index is -0.361. The number of nitrogens with one attached hydrogen (secondary N) is 1. The van der Waals surface area contributed by atoms with Crippen molar-refractivity contribution in [3.8, 4) is 0 Å². The number of likely N-dealkylation sites (N-methyl/N-ethyl adjacent to an activating group) is 1. The van der Waals surface area contributed by atoms with E-state index in [2.05, 4.69) is 10.3 Å². The minimum Gasteiger partial charge on any atom is -0.357 e. The molecule has 0 bridgehead atoms. The lowest BCUT2D eigenvalue weighted by atomic mass is 9.84. The molecule has 6 nitrogen and oxygen atoms in total. The van der Waals surface area contributed by atoms with Crippen LogP contribution in [0.5, 0.6) is 0 Å². The van der Waals surface area contributed by atoms with Crippen molar-refractivity contribution in [1.82, 2.24) is 19.8 Å². The average Bonchev–Trinajstić information content (AvgIpc) is 2.82. The number of hydrogen-bond donors (Lipinski definition) is 1. The van der Waals surface area contributed by atoms with Gasteiger partial charge < -0.3 is 14.8 Å². The summed E-state index contributed by atoms with van der Waals surface area (Å²) >= 11 is 0. The fourth-order valence-electron chi connectivity index (χ4n) is 2.75. The van der Waals surface area contributed by atoms with Crippen molar-refractivity contribution in [3.63, 3.8) is 0 Å². The largest absolute Gasteiger partial charge is 0.357 e. The number of amides is 2.